The van der Waals surface area contributed by atoms with Gasteiger partial charge in [0, 0.05) is 11.1 Å². The van der Waals surface area contributed by atoms with E-state index >= 15 is 0 Å². The van der Waals surface area contributed by atoms with Crippen molar-refractivity contribution >= 4 is 11.6 Å². The average molecular weight is 292 g/mol. The molecule has 0 aliphatic carbocycles. The summed E-state index contributed by atoms with van der Waals surface area (Å²) in [6.45, 7) is 2.95. The summed E-state index contributed by atoms with van der Waals surface area (Å²) in [4.78, 5) is 0. The van der Waals surface area contributed by atoms with Crippen LogP contribution in [0.5, 0.6) is 0 Å². The second-order valence-corrected chi connectivity index (χ2v) is 5.46. The van der Waals surface area contributed by atoms with Crippen molar-refractivity contribution in [3.63, 3.8) is 0 Å². The van der Waals surface area contributed by atoms with E-state index in [1.807, 2.05) is 36.4 Å². The van der Waals surface area contributed by atoms with E-state index in [0.29, 0.717) is 6.42 Å². The summed E-state index contributed by atoms with van der Waals surface area (Å²) in [7, 11) is 0. The van der Waals surface area contributed by atoms with Gasteiger partial charge in [0.2, 0.25) is 0 Å². The monoisotopic (exact) mass is 291 g/mol. The van der Waals surface area contributed by atoms with E-state index in [1.54, 1.807) is 6.07 Å². The minimum absolute atomic E-state index is 0.126. The molecule has 0 bridgehead atoms. The van der Waals surface area contributed by atoms with E-state index in [4.69, 9.17) is 11.6 Å². The Morgan fingerprint density at radius 2 is 1.80 bits per heavy atom. The molecule has 2 rings (SSSR count). The maximum absolute atomic E-state index is 13.5. The van der Waals surface area contributed by atoms with Crippen LogP contribution in [0.3, 0.4) is 0 Å². The van der Waals surface area contributed by atoms with Gasteiger partial charge in [0.05, 0.1) is 0 Å². The Morgan fingerprint density at radius 1 is 1.10 bits per heavy atom. The molecule has 1 nitrogen and oxygen atoms in total. The highest BCUT2D eigenvalue weighted by molar-refractivity contribution is 6.30. The number of hydrogen-bond donors (Lipinski definition) is 1. The van der Waals surface area contributed by atoms with Crippen LogP contribution in [-0.2, 0) is 12.8 Å². The van der Waals surface area contributed by atoms with Gasteiger partial charge in [-0.05, 0) is 55.6 Å². The van der Waals surface area contributed by atoms with E-state index in [2.05, 4.69) is 12.2 Å². The lowest BCUT2D eigenvalue weighted by Crippen LogP contribution is -2.30. The SMILES string of the molecule is CC(Cc1ccccc1F)NCCc1ccc(Cl)cc1. The third-order valence-electron chi connectivity index (χ3n) is 3.30. The lowest BCUT2D eigenvalue weighted by molar-refractivity contribution is 0.529. The first-order valence-corrected chi connectivity index (χ1v) is 7.24. The Bertz CT molecular complexity index is 539. The smallest absolute Gasteiger partial charge is 0.126 e. The standard InChI is InChI=1S/C17H19ClFN/c1-13(12-15-4-2-3-5-17(15)19)20-11-10-14-6-8-16(18)9-7-14/h2-9,13,20H,10-12H2,1H3. The van der Waals surface area contributed by atoms with Crippen LogP contribution in [0.15, 0.2) is 48.5 Å². The molecular weight excluding hydrogens is 273 g/mol. The fourth-order valence-corrected chi connectivity index (χ4v) is 2.31. The summed E-state index contributed by atoms with van der Waals surface area (Å²) in [5, 5.41) is 4.18. The highest BCUT2D eigenvalue weighted by atomic mass is 35.5. The van der Waals surface area contributed by atoms with Crippen LogP contribution in [-0.4, -0.2) is 12.6 Å². The van der Waals surface area contributed by atoms with Crippen molar-refractivity contribution in [2.75, 3.05) is 6.54 Å². The zero-order valence-corrected chi connectivity index (χ0v) is 12.3. The zero-order chi connectivity index (χ0) is 14.4. The van der Waals surface area contributed by atoms with Crippen molar-refractivity contribution in [1.29, 1.82) is 0 Å². The Morgan fingerprint density at radius 3 is 2.50 bits per heavy atom. The Hall–Kier alpha value is -1.38. The largest absolute Gasteiger partial charge is 0.314 e. The molecule has 1 atom stereocenters. The van der Waals surface area contributed by atoms with Gasteiger partial charge in [0.1, 0.15) is 5.82 Å². The average Bonchev–Trinajstić information content (AvgIpc) is 2.44. The van der Waals surface area contributed by atoms with Gasteiger partial charge in [-0.3, -0.25) is 0 Å². The van der Waals surface area contributed by atoms with Crippen LogP contribution in [0.4, 0.5) is 4.39 Å². The van der Waals surface area contributed by atoms with Crippen LogP contribution in [0.25, 0.3) is 0 Å². The molecule has 0 fully saturated rings. The Kier molecular flexibility index (Phi) is 5.57. The molecule has 2 aromatic carbocycles. The predicted molar refractivity (Wildman–Crippen MR) is 82.7 cm³/mol. The summed E-state index contributed by atoms with van der Waals surface area (Å²) >= 11 is 5.85. The molecule has 1 unspecified atom stereocenters. The molecule has 0 heterocycles. The Labute approximate surface area is 124 Å². The van der Waals surface area contributed by atoms with Gasteiger partial charge in [-0.15, -0.1) is 0 Å². The maximum Gasteiger partial charge on any atom is 0.126 e. The van der Waals surface area contributed by atoms with E-state index in [1.165, 1.54) is 11.6 Å². The second-order valence-electron chi connectivity index (χ2n) is 5.03. The van der Waals surface area contributed by atoms with Gasteiger partial charge in [-0.1, -0.05) is 41.9 Å². The third kappa shape index (κ3) is 4.62. The number of rotatable bonds is 6. The van der Waals surface area contributed by atoms with Crippen molar-refractivity contribution in [2.45, 2.75) is 25.8 Å². The third-order valence-corrected chi connectivity index (χ3v) is 3.56. The molecule has 20 heavy (non-hydrogen) atoms. The molecule has 2 aromatic rings. The zero-order valence-electron chi connectivity index (χ0n) is 11.6. The van der Waals surface area contributed by atoms with E-state index < -0.39 is 0 Å². The summed E-state index contributed by atoms with van der Waals surface area (Å²) in [5.74, 6) is -0.126. The van der Waals surface area contributed by atoms with Crippen LogP contribution in [0.2, 0.25) is 5.02 Å². The fraction of sp³-hybridized carbons (Fsp3) is 0.294. The van der Waals surface area contributed by atoms with E-state index in [9.17, 15) is 4.39 Å². The highest BCUT2D eigenvalue weighted by Gasteiger charge is 2.06. The molecule has 0 amide bonds. The van der Waals surface area contributed by atoms with Gasteiger partial charge < -0.3 is 5.32 Å². The van der Waals surface area contributed by atoms with Gasteiger partial charge in [-0.25, -0.2) is 4.39 Å². The fourth-order valence-electron chi connectivity index (χ4n) is 2.18. The van der Waals surface area contributed by atoms with Crippen molar-refractivity contribution in [3.05, 3.63) is 70.5 Å². The van der Waals surface area contributed by atoms with Crippen LogP contribution in [0.1, 0.15) is 18.1 Å². The number of halogens is 2. The number of benzene rings is 2. The first kappa shape index (κ1) is 15.0. The molecule has 0 saturated heterocycles. The van der Waals surface area contributed by atoms with Gasteiger partial charge in [-0.2, -0.15) is 0 Å². The highest BCUT2D eigenvalue weighted by Crippen LogP contribution is 2.11. The van der Waals surface area contributed by atoms with E-state index in [0.717, 1.165) is 23.6 Å². The molecule has 0 aromatic heterocycles. The minimum atomic E-state index is -0.126. The van der Waals surface area contributed by atoms with Crippen LogP contribution in [0, 0.1) is 5.82 Å². The van der Waals surface area contributed by atoms with Gasteiger partial charge >= 0.3 is 0 Å². The van der Waals surface area contributed by atoms with Crippen molar-refractivity contribution < 1.29 is 4.39 Å². The molecule has 0 aliphatic rings. The topological polar surface area (TPSA) is 12.0 Å². The first-order chi connectivity index (χ1) is 9.65. The number of hydrogen-bond acceptors (Lipinski definition) is 1. The lowest BCUT2D eigenvalue weighted by Gasteiger charge is -2.14. The summed E-state index contributed by atoms with van der Waals surface area (Å²) < 4.78 is 13.5. The summed E-state index contributed by atoms with van der Waals surface area (Å²) in [5.41, 5.74) is 2.01. The second kappa shape index (κ2) is 7.41. The first-order valence-electron chi connectivity index (χ1n) is 6.86. The minimum Gasteiger partial charge on any atom is -0.314 e. The van der Waals surface area contributed by atoms with Crippen molar-refractivity contribution in [1.82, 2.24) is 5.32 Å². The van der Waals surface area contributed by atoms with Crippen molar-refractivity contribution in [2.24, 2.45) is 0 Å². The molecule has 0 spiro atoms. The predicted octanol–water partition coefficient (Wildman–Crippen LogP) is 4.24. The lowest BCUT2D eigenvalue weighted by atomic mass is 10.1. The molecule has 0 radical (unpaired) electrons. The van der Waals surface area contributed by atoms with E-state index in [-0.39, 0.29) is 11.9 Å². The number of nitrogens with one attached hydrogen (secondary N) is 1. The molecule has 3 heteroatoms. The van der Waals surface area contributed by atoms with Crippen molar-refractivity contribution in [3.8, 4) is 0 Å². The molecule has 0 saturated carbocycles. The summed E-state index contributed by atoms with van der Waals surface area (Å²) in [6.07, 6.45) is 1.64. The molecule has 0 aliphatic heterocycles. The van der Waals surface area contributed by atoms with Gasteiger partial charge in [0.25, 0.3) is 0 Å². The summed E-state index contributed by atoms with van der Waals surface area (Å²) in [6, 6.07) is 15.1. The molecule has 1 N–H and O–H groups in total. The van der Waals surface area contributed by atoms with Crippen LogP contribution < -0.4 is 5.32 Å². The van der Waals surface area contributed by atoms with Gasteiger partial charge in [0.15, 0.2) is 0 Å². The maximum atomic E-state index is 13.5. The quantitative estimate of drug-likeness (QED) is 0.839. The van der Waals surface area contributed by atoms with Crippen LogP contribution >= 0.6 is 11.6 Å². The normalized spacial score (nSPS) is 12.3. The Balaban J connectivity index is 1.76. The molecular formula is C17H19ClFN. The molecule has 106 valence electrons.